The van der Waals surface area contributed by atoms with Gasteiger partial charge in [0.25, 0.3) is 0 Å². The zero-order chi connectivity index (χ0) is 15.5. The van der Waals surface area contributed by atoms with Gasteiger partial charge in [-0.15, -0.1) is 0 Å². The van der Waals surface area contributed by atoms with E-state index in [2.05, 4.69) is 5.32 Å². The summed E-state index contributed by atoms with van der Waals surface area (Å²) in [5, 5.41) is 4.30. The first-order valence-corrected chi connectivity index (χ1v) is 7.69. The maximum Gasteiger partial charge on any atom is 0.227 e. The number of likely N-dealkylation sites (N-methyl/N-ethyl adjacent to an activating group) is 1. The van der Waals surface area contributed by atoms with Gasteiger partial charge in [-0.3, -0.25) is 4.79 Å². The zero-order valence-electron chi connectivity index (χ0n) is 13.1. The molecule has 5 nitrogen and oxygen atoms in total. The van der Waals surface area contributed by atoms with Crippen LogP contribution in [0.3, 0.4) is 0 Å². The zero-order valence-corrected chi connectivity index (χ0v) is 13.1. The van der Waals surface area contributed by atoms with Gasteiger partial charge in [0, 0.05) is 30.1 Å². The fourth-order valence-electron chi connectivity index (χ4n) is 3.01. The van der Waals surface area contributed by atoms with E-state index >= 15 is 0 Å². The van der Waals surface area contributed by atoms with Crippen molar-refractivity contribution in [2.75, 3.05) is 27.2 Å². The van der Waals surface area contributed by atoms with E-state index in [-0.39, 0.29) is 5.91 Å². The standard InChI is InChI=1S/C17H22N2O3/c1-19(13-5-7-18-8-6-13)17(20)9-12-11-22-16-10-14(21-2)3-4-15(12)16/h3-4,10-11,13,18H,5-9H2,1-2H3. The number of methoxy groups -OCH3 is 1. The first-order chi connectivity index (χ1) is 10.7. The topological polar surface area (TPSA) is 54.7 Å². The molecule has 1 N–H and O–H groups in total. The number of carbonyl (C=O) groups excluding carboxylic acids is 1. The van der Waals surface area contributed by atoms with Gasteiger partial charge in [-0.1, -0.05) is 0 Å². The predicted octanol–water partition coefficient (Wildman–Crippen LogP) is 2.19. The highest BCUT2D eigenvalue weighted by Crippen LogP contribution is 2.26. The van der Waals surface area contributed by atoms with Gasteiger partial charge in [-0.25, -0.2) is 0 Å². The van der Waals surface area contributed by atoms with E-state index in [1.165, 1.54) is 0 Å². The van der Waals surface area contributed by atoms with Gasteiger partial charge in [-0.2, -0.15) is 0 Å². The third kappa shape index (κ3) is 2.95. The summed E-state index contributed by atoms with van der Waals surface area (Å²) in [6.45, 7) is 1.97. The Morgan fingerprint density at radius 3 is 2.91 bits per heavy atom. The average Bonchev–Trinajstić information content (AvgIpc) is 2.97. The van der Waals surface area contributed by atoms with Crippen LogP contribution in [-0.2, 0) is 11.2 Å². The molecule has 2 aromatic rings. The minimum atomic E-state index is 0.144. The smallest absolute Gasteiger partial charge is 0.227 e. The Morgan fingerprint density at radius 1 is 1.41 bits per heavy atom. The molecule has 3 rings (SSSR count). The summed E-state index contributed by atoms with van der Waals surface area (Å²) >= 11 is 0. The number of benzene rings is 1. The van der Waals surface area contributed by atoms with Gasteiger partial charge < -0.3 is 19.4 Å². The van der Waals surface area contributed by atoms with Crippen LogP contribution in [0.2, 0.25) is 0 Å². The SMILES string of the molecule is COc1ccc2c(CC(=O)N(C)C3CCNCC3)coc2c1. The lowest BCUT2D eigenvalue weighted by molar-refractivity contribution is -0.131. The molecule has 1 aliphatic heterocycles. The number of furan rings is 1. The van der Waals surface area contributed by atoms with Crippen LogP contribution in [0.1, 0.15) is 18.4 Å². The Labute approximate surface area is 130 Å². The molecule has 0 aliphatic carbocycles. The maximum atomic E-state index is 12.5. The second kappa shape index (κ2) is 6.40. The summed E-state index contributed by atoms with van der Waals surface area (Å²) in [5.74, 6) is 0.900. The number of fused-ring (bicyclic) bond motifs is 1. The Bertz CT molecular complexity index is 659. The molecule has 1 aliphatic rings. The van der Waals surface area contributed by atoms with Crippen molar-refractivity contribution in [2.24, 2.45) is 0 Å². The van der Waals surface area contributed by atoms with E-state index in [0.717, 1.165) is 48.2 Å². The third-order valence-electron chi connectivity index (χ3n) is 4.45. The number of amides is 1. The Balaban J connectivity index is 1.73. The lowest BCUT2D eigenvalue weighted by Crippen LogP contribution is -2.44. The normalized spacial score (nSPS) is 15.9. The van der Waals surface area contributed by atoms with Crippen molar-refractivity contribution in [3.63, 3.8) is 0 Å². The van der Waals surface area contributed by atoms with Crippen molar-refractivity contribution in [3.8, 4) is 5.75 Å². The molecule has 1 fully saturated rings. The molecule has 22 heavy (non-hydrogen) atoms. The van der Waals surface area contributed by atoms with Crippen molar-refractivity contribution >= 4 is 16.9 Å². The highest BCUT2D eigenvalue weighted by Gasteiger charge is 2.22. The number of rotatable bonds is 4. The molecule has 1 aromatic heterocycles. The number of hydrogen-bond donors (Lipinski definition) is 1. The number of carbonyl (C=O) groups is 1. The van der Waals surface area contributed by atoms with E-state index in [1.807, 2.05) is 30.1 Å². The monoisotopic (exact) mass is 302 g/mol. The minimum Gasteiger partial charge on any atom is -0.497 e. The van der Waals surface area contributed by atoms with Crippen LogP contribution in [0.5, 0.6) is 5.75 Å². The van der Waals surface area contributed by atoms with E-state index in [0.29, 0.717) is 12.5 Å². The summed E-state index contributed by atoms with van der Waals surface area (Å²) in [7, 11) is 3.53. The number of hydrogen-bond acceptors (Lipinski definition) is 4. The quantitative estimate of drug-likeness (QED) is 0.940. The molecule has 1 aromatic carbocycles. The molecule has 1 saturated heterocycles. The lowest BCUT2D eigenvalue weighted by atomic mass is 10.0. The van der Waals surface area contributed by atoms with Crippen LogP contribution in [0.15, 0.2) is 28.9 Å². The van der Waals surface area contributed by atoms with Crippen LogP contribution < -0.4 is 10.1 Å². The molecule has 0 radical (unpaired) electrons. The molecule has 0 unspecified atom stereocenters. The van der Waals surface area contributed by atoms with Gasteiger partial charge >= 0.3 is 0 Å². The van der Waals surface area contributed by atoms with Crippen LogP contribution in [0.4, 0.5) is 0 Å². The van der Waals surface area contributed by atoms with E-state index < -0.39 is 0 Å². The molecular formula is C17H22N2O3. The predicted molar refractivity (Wildman–Crippen MR) is 85.1 cm³/mol. The van der Waals surface area contributed by atoms with Crippen molar-refractivity contribution in [3.05, 3.63) is 30.0 Å². The first kappa shape index (κ1) is 14.9. The van der Waals surface area contributed by atoms with Crippen LogP contribution in [0.25, 0.3) is 11.0 Å². The summed E-state index contributed by atoms with van der Waals surface area (Å²) in [6, 6.07) is 6.03. The van der Waals surface area contributed by atoms with Gasteiger partial charge in [0.05, 0.1) is 19.8 Å². The molecule has 118 valence electrons. The summed E-state index contributed by atoms with van der Waals surface area (Å²) in [5.41, 5.74) is 1.69. The van der Waals surface area contributed by atoms with Crippen molar-refractivity contribution in [1.29, 1.82) is 0 Å². The summed E-state index contributed by atoms with van der Waals surface area (Å²) in [6.07, 6.45) is 4.09. The number of ether oxygens (including phenoxy) is 1. The van der Waals surface area contributed by atoms with Crippen molar-refractivity contribution in [2.45, 2.75) is 25.3 Å². The Kier molecular flexibility index (Phi) is 4.34. The van der Waals surface area contributed by atoms with Gasteiger partial charge in [0.1, 0.15) is 11.3 Å². The van der Waals surface area contributed by atoms with Crippen LogP contribution in [0, 0.1) is 0 Å². The van der Waals surface area contributed by atoms with E-state index in [4.69, 9.17) is 9.15 Å². The summed E-state index contributed by atoms with van der Waals surface area (Å²) < 4.78 is 10.7. The number of nitrogens with one attached hydrogen (secondary N) is 1. The lowest BCUT2D eigenvalue weighted by Gasteiger charge is -2.31. The second-order valence-electron chi connectivity index (χ2n) is 5.79. The highest BCUT2D eigenvalue weighted by molar-refractivity contribution is 5.88. The molecule has 0 spiro atoms. The maximum absolute atomic E-state index is 12.5. The largest absolute Gasteiger partial charge is 0.497 e. The minimum absolute atomic E-state index is 0.144. The average molecular weight is 302 g/mol. The van der Waals surface area contributed by atoms with E-state index in [1.54, 1.807) is 13.4 Å². The first-order valence-electron chi connectivity index (χ1n) is 7.69. The summed E-state index contributed by atoms with van der Waals surface area (Å²) in [4.78, 5) is 14.4. The van der Waals surface area contributed by atoms with Crippen LogP contribution >= 0.6 is 0 Å². The fourth-order valence-corrected chi connectivity index (χ4v) is 3.01. The van der Waals surface area contributed by atoms with E-state index in [9.17, 15) is 4.79 Å². The van der Waals surface area contributed by atoms with Gasteiger partial charge in [0.15, 0.2) is 0 Å². The third-order valence-corrected chi connectivity index (χ3v) is 4.45. The molecule has 0 bridgehead atoms. The molecule has 0 atom stereocenters. The van der Waals surface area contributed by atoms with Crippen molar-refractivity contribution < 1.29 is 13.9 Å². The second-order valence-corrected chi connectivity index (χ2v) is 5.79. The fraction of sp³-hybridized carbons (Fsp3) is 0.471. The van der Waals surface area contributed by atoms with Crippen molar-refractivity contribution in [1.82, 2.24) is 10.2 Å². The number of piperidine rings is 1. The molecule has 0 saturated carbocycles. The number of nitrogens with zero attached hydrogens (tertiary/aromatic N) is 1. The Morgan fingerprint density at radius 2 is 2.18 bits per heavy atom. The molecule has 2 heterocycles. The Hall–Kier alpha value is -2.01. The molecular weight excluding hydrogens is 280 g/mol. The van der Waals surface area contributed by atoms with Gasteiger partial charge in [0.2, 0.25) is 5.91 Å². The molecule has 1 amide bonds. The molecule has 5 heteroatoms. The van der Waals surface area contributed by atoms with Gasteiger partial charge in [-0.05, 0) is 38.1 Å². The van der Waals surface area contributed by atoms with Crippen LogP contribution in [-0.4, -0.2) is 44.1 Å². The highest BCUT2D eigenvalue weighted by atomic mass is 16.5.